The first-order valence-electron chi connectivity index (χ1n) is 9.98. The number of hydrogen-bond acceptors (Lipinski definition) is 4. The molecule has 1 unspecified atom stereocenters. The molecule has 1 heterocycles. The number of benzene rings is 1. The lowest BCUT2D eigenvalue weighted by Crippen LogP contribution is -2.48. The van der Waals surface area contributed by atoms with E-state index in [-0.39, 0.29) is 23.9 Å². The van der Waals surface area contributed by atoms with E-state index in [1.165, 1.54) is 5.56 Å². The van der Waals surface area contributed by atoms with Crippen molar-refractivity contribution in [3.05, 3.63) is 35.4 Å². The van der Waals surface area contributed by atoms with Gasteiger partial charge in [0.15, 0.2) is 5.78 Å². The number of carbonyl (C=O) groups is 1. The van der Waals surface area contributed by atoms with Crippen molar-refractivity contribution in [2.24, 2.45) is 5.92 Å². The molecule has 2 aliphatic rings. The standard InChI is InChI=1S/C22H33NO3/c1-22(2,3)18-8-6-17(7-9-18)20(25)5-4-10-23-11-12-26-21-14-16(15-24)13-19(21)23/h6-9,16,19,21,24H,4-5,10-15H2,1-3H3/t16-,19+,21?/m1/s1. The van der Waals surface area contributed by atoms with Crippen molar-refractivity contribution >= 4 is 5.78 Å². The fourth-order valence-corrected chi connectivity index (χ4v) is 4.30. The molecule has 0 bridgehead atoms. The average Bonchev–Trinajstić information content (AvgIpc) is 3.05. The molecule has 2 fully saturated rings. The quantitative estimate of drug-likeness (QED) is 0.791. The van der Waals surface area contributed by atoms with Gasteiger partial charge in [-0.15, -0.1) is 0 Å². The Hall–Kier alpha value is -1.23. The molecule has 0 amide bonds. The summed E-state index contributed by atoms with van der Waals surface area (Å²) in [7, 11) is 0. The number of aliphatic hydroxyl groups excluding tert-OH is 1. The summed E-state index contributed by atoms with van der Waals surface area (Å²) < 4.78 is 5.88. The highest BCUT2D eigenvalue weighted by Crippen LogP contribution is 2.34. The summed E-state index contributed by atoms with van der Waals surface area (Å²) in [5.41, 5.74) is 2.19. The first-order chi connectivity index (χ1) is 12.4. The minimum Gasteiger partial charge on any atom is -0.396 e. The molecule has 1 aromatic rings. The highest BCUT2D eigenvalue weighted by Gasteiger charge is 2.40. The number of fused-ring (bicyclic) bond motifs is 1. The van der Waals surface area contributed by atoms with E-state index in [9.17, 15) is 9.90 Å². The zero-order valence-electron chi connectivity index (χ0n) is 16.4. The van der Waals surface area contributed by atoms with Crippen molar-refractivity contribution < 1.29 is 14.6 Å². The van der Waals surface area contributed by atoms with E-state index in [2.05, 4.69) is 37.8 Å². The largest absolute Gasteiger partial charge is 0.396 e. The summed E-state index contributed by atoms with van der Waals surface area (Å²) >= 11 is 0. The fraction of sp³-hybridized carbons (Fsp3) is 0.682. The minimum absolute atomic E-state index is 0.113. The van der Waals surface area contributed by atoms with E-state index in [1.54, 1.807) is 0 Å². The molecule has 0 spiro atoms. The number of aliphatic hydroxyl groups is 1. The van der Waals surface area contributed by atoms with E-state index in [4.69, 9.17) is 4.74 Å². The van der Waals surface area contributed by atoms with Crippen LogP contribution in [0.3, 0.4) is 0 Å². The van der Waals surface area contributed by atoms with Gasteiger partial charge in [0, 0.05) is 31.2 Å². The Morgan fingerprint density at radius 1 is 1.23 bits per heavy atom. The summed E-state index contributed by atoms with van der Waals surface area (Å²) in [5.74, 6) is 0.600. The van der Waals surface area contributed by atoms with E-state index < -0.39 is 0 Å². The highest BCUT2D eigenvalue weighted by molar-refractivity contribution is 5.96. The van der Waals surface area contributed by atoms with Crippen LogP contribution in [0.2, 0.25) is 0 Å². The maximum atomic E-state index is 12.5. The summed E-state index contributed by atoms with van der Waals surface area (Å²) in [6.07, 6.45) is 3.72. The Balaban J connectivity index is 1.49. The Bertz CT molecular complexity index is 605. The predicted octanol–water partition coefficient (Wildman–Crippen LogP) is 3.42. The Kier molecular flexibility index (Phi) is 6.16. The number of hydrogen-bond donors (Lipinski definition) is 1. The lowest BCUT2D eigenvalue weighted by Gasteiger charge is -2.37. The van der Waals surface area contributed by atoms with Crippen LogP contribution in [0.25, 0.3) is 0 Å². The topological polar surface area (TPSA) is 49.8 Å². The number of Topliss-reactive ketones (excluding diaryl/α,β-unsaturated/α-hetero) is 1. The van der Waals surface area contributed by atoms with Crippen molar-refractivity contribution in [3.63, 3.8) is 0 Å². The molecule has 1 aromatic carbocycles. The summed E-state index contributed by atoms with van der Waals surface area (Å²) in [6, 6.07) is 8.51. The first-order valence-corrected chi connectivity index (χ1v) is 9.98. The van der Waals surface area contributed by atoms with Gasteiger partial charge in [-0.3, -0.25) is 9.69 Å². The van der Waals surface area contributed by atoms with E-state index in [0.717, 1.165) is 44.5 Å². The Labute approximate surface area is 157 Å². The van der Waals surface area contributed by atoms with Crippen LogP contribution in [0, 0.1) is 5.92 Å². The lowest BCUT2D eigenvalue weighted by molar-refractivity contribution is -0.0559. The van der Waals surface area contributed by atoms with Crippen molar-refractivity contribution in [2.45, 2.75) is 64.0 Å². The second-order valence-corrected chi connectivity index (χ2v) is 8.89. The summed E-state index contributed by atoms with van der Waals surface area (Å²) in [4.78, 5) is 15.0. The second-order valence-electron chi connectivity index (χ2n) is 8.89. The molecule has 4 heteroatoms. The van der Waals surface area contributed by atoms with E-state index in [1.807, 2.05) is 12.1 Å². The molecule has 1 saturated carbocycles. The molecule has 0 aromatic heterocycles. The molecule has 1 aliphatic heterocycles. The molecular weight excluding hydrogens is 326 g/mol. The second kappa shape index (κ2) is 8.20. The molecule has 1 N–H and O–H groups in total. The van der Waals surface area contributed by atoms with Crippen molar-refractivity contribution in [3.8, 4) is 0 Å². The number of ether oxygens (including phenoxy) is 1. The van der Waals surface area contributed by atoms with Gasteiger partial charge in [-0.25, -0.2) is 0 Å². The highest BCUT2D eigenvalue weighted by atomic mass is 16.5. The van der Waals surface area contributed by atoms with Crippen LogP contribution in [0.4, 0.5) is 0 Å². The maximum absolute atomic E-state index is 12.5. The third-order valence-corrected chi connectivity index (χ3v) is 5.93. The zero-order valence-corrected chi connectivity index (χ0v) is 16.4. The van der Waals surface area contributed by atoms with Crippen LogP contribution in [0.1, 0.15) is 62.4 Å². The summed E-state index contributed by atoms with van der Waals surface area (Å²) in [5, 5.41) is 9.43. The van der Waals surface area contributed by atoms with Crippen LogP contribution in [0.15, 0.2) is 24.3 Å². The lowest BCUT2D eigenvalue weighted by atomic mass is 9.86. The van der Waals surface area contributed by atoms with Gasteiger partial charge in [-0.05, 0) is 42.7 Å². The molecule has 144 valence electrons. The third kappa shape index (κ3) is 4.54. The molecule has 0 radical (unpaired) electrons. The monoisotopic (exact) mass is 359 g/mol. The molecule has 4 nitrogen and oxygen atoms in total. The molecule has 1 saturated heterocycles. The molecule has 3 rings (SSSR count). The SMILES string of the molecule is CC(C)(C)c1ccc(C(=O)CCCN2CCOC3C[C@H](CO)C[C@@H]32)cc1. The average molecular weight is 360 g/mol. The van der Waals surface area contributed by atoms with Crippen LogP contribution in [-0.4, -0.2) is 54.2 Å². The molecule has 1 aliphatic carbocycles. The summed E-state index contributed by atoms with van der Waals surface area (Å²) in [6.45, 7) is 9.45. The van der Waals surface area contributed by atoms with Gasteiger partial charge < -0.3 is 9.84 Å². The Morgan fingerprint density at radius 2 is 1.96 bits per heavy atom. The molecular formula is C22H33NO3. The van der Waals surface area contributed by atoms with Gasteiger partial charge >= 0.3 is 0 Å². The number of morpholine rings is 1. The maximum Gasteiger partial charge on any atom is 0.162 e. The number of carbonyl (C=O) groups excluding carboxylic acids is 1. The van der Waals surface area contributed by atoms with Crippen LogP contribution >= 0.6 is 0 Å². The van der Waals surface area contributed by atoms with Gasteiger partial charge in [0.05, 0.1) is 12.7 Å². The molecule has 26 heavy (non-hydrogen) atoms. The number of ketones is 1. The van der Waals surface area contributed by atoms with Crippen molar-refractivity contribution in [1.82, 2.24) is 4.90 Å². The number of nitrogens with zero attached hydrogens (tertiary/aromatic N) is 1. The van der Waals surface area contributed by atoms with Crippen LogP contribution in [-0.2, 0) is 10.2 Å². The number of rotatable bonds is 6. The van der Waals surface area contributed by atoms with E-state index in [0.29, 0.717) is 18.4 Å². The normalized spacial score (nSPS) is 26.7. The smallest absolute Gasteiger partial charge is 0.162 e. The third-order valence-electron chi connectivity index (χ3n) is 5.93. The zero-order chi connectivity index (χ0) is 18.7. The fourth-order valence-electron chi connectivity index (χ4n) is 4.30. The van der Waals surface area contributed by atoms with Gasteiger partial charge in [-0.1, -0.05) is 45.0 Å². The van der Waals surface area contributed by atoms with Crippen LogP contribution < -0.4 is 0 Å². The van der Waals surface area contributed by atoms with E-state index >= 15 is 0 Å². The van der Waals surface area contributed by atoms with Gasteiger partial charge in [0.25, 0.3) is 0 Å². The van der Waals surface area contributed by atoms with Crippen LogP contribution in [0.5, 0.6) is 0 Å². The predicted molar refractivity (Wildman–Crippen MR) is 104 cm³/mol. The van der Waals surface area contributed by atoms with Crippen molar-refractivity contribution in [1.29, 1.82) is 0 Å². The molecule has 3 atom stereocenters. The van der Waals surface area contributed by atoms with Gasteiger partial charge in [0.1, 0.15) is 0 Å². The Morgan fingerprint density at radius 3 is 2.62 bits per heavy atom. The van der Waals surface area contributed by atoms with Crippen molar-refractivity contribution in [2.75, 3.05) is 26.3 Å². The van der Waals surface area contributed by atoms with Gasteiger partial charge in [-0.2, -0.15) is 0 Å². The van der Waals surface area contributed by atoms with Gasteiger partial charge in [0.2, 0.25) is 0 Å². The first kappa shape index (κ1) is 19.5. The minimum atomic E-state index is 0.113.